The molecular formula is C35H46O17. The van der Waals surface area contributed by atoms with Gasteiger partial charge in [-0.15, -0.1) is 13.2 Å². The van der Waals surface area contributed by atoms with Crippen LogP contribution in [0.3, 0.4) is 0 Å². The molecule has 3 aliphatic heterocycles. The van der Waals surface area contributed by atoms with Crippen molar-refractivity contribution in [3.05, 3.63) is 73.1 Å². The molecular weight excluding hydrogens is 692 g/mol. The number of carbonyl (C=O) groups is 2. The Morgan fingerprint density at radius 2 is 1.54 bits per heavy atom. The third kappa shape index (κ3) is 9.37. The Morgan fingerprint density at radius 1 is 0.865 bits per heavy atom. The Bertz CT molecular complexity index is 1440. The van der Waals surface area contributed by atoms with Gasteiger partial charge >= 0.3 is 11.9 Å². The van der Waals surface area contributed by atoms with E-state index in [2.05, 4.69) is 13.2 Å². The second kappa shape index (κ2) is 18.7. The summed E-state index contributed by atoms with van der Waals surface area (Å²) in [5.41, 5.74) is 0.907. The lowest BCUT2D eigenvalue weighted by Crippen LogP contribution is -2.60. The van der Waals surface area contributed by atoms with E-state index >= 15 is 0 Å². The molecule has 0 saturated carbocycles. The molecule has 2 fully saturated rings. The summed E-state index contributed by atoms with van der Waals surface area (Å²) in [5, 5.41) is 71.8. The van der Waals surface area contributed by atoms with Crippen molar-refractivity contribution in [3.63, 3.8) is 0 Å². The molecule has 0 bridgehead atoms. The second-order valence-corrected chi connectivity index (χ2v) is 12.2. The number of ether oxygens (including phenoxy) is 8. The summed E-state index contributed by atoms with van der Waals surface area (Å²) in [5.74, 6) is -2.75. The summed E-state index contributed by atoms with van der Waals surface area (Å²) >= 11 is 0. The molecule has 17 heteroatoms. The number of esters is 2. The highest BCUT2D eigenvalue weighted by atomic mass is 16.8. The van der Waals surface area contributed by atoms with Crippen molar-refractivity contribution in [1.29, 1.82) is 0 Å². The van der Waals surface area contributed by atoms with Gasteiger partial charge in [-0.05, 0) is 24.1 Å². The molecule has 7 N–H and O–H groups in total. The number of allylic oxidation sites excluding steroid dienone is 2. The molecule has 0 spiro atoms. The smallest absolute Gasteiger partial charge is 0.337 e. The number of hydrogen-bond acceptors (Lipinski definition) is 17. The fourth-order valence-electron chi connectivity index (χ4n) is 5.84. The van der Waals surface area contributed by atoms with E-state index in [1.54, 1.807) is 24.3 Å². The maximum Gasteiger partial charge on any atom is 0.337 e. The molecule has 2 saturated heterocycles. The summed E-state index contributed by atoms with van der Waals surface area (Å²) in [6, 6.07) is 5.05. The molecule has 1 aromatic carbocycles. The first-order valence-electron chi connectivity index (χ1n) is 16.4. The van der Waals surface area contributed by atoms with Crippen molar-refractivity contribution in [2.45, 2.75) is 80.5 Å². The Labute approximate surface area is 299 Å². The van der Waals surface area contributed by atoms with E-state index < -0.39 is 105 Å². The number of aliphatic hydroxyl groups excluding tert-OH is 7. The van der Waals surface area contributed by atoms with Gasteiger partial charge in [0, 0.05) is 5.92 Å². The van der Waals surface area contributed by atoms with E-state index in [0.717, 1.165) is 18.9 Å². The molecule has 52 heavy (non-hydrogen) atoms. The van der Waals surface area contributed by atoms with E-state index in [4.69, 9.17) is 37.9 Å². The van der Waals surface area contributed by atoms with Crippen LogP contribution < -0.4 is 9.47 Å². The van der Waals surface area contributed by atoms with Crippen molar-refractivity contribution >= 4 is 11.9 Å². The lowest BCUT2D eigenvalue weighted by molar-refractivity contribution is -0.338. The van der Waals surface area contributed by atoms with Gasteiger partial charge in [-0.1, -0.05) is 30.4 Å². The molecule has 3 heterocycles. The second-order valence-electron chi connectivity index (χ2n) is 12.2. The van der Waals surface area contributed by atoms with Gasteiger partial charge < -0.3 is 73.6 Å². The van der Waals surface area contributed by atoms with Crippen molar-refractivity contribution in [2.75, 3.05) is 27.4 Å². The fourth-order valence-corrected chi connectivity index (χ4v) is 5.84. The SMILES string of the molecule is C=CCc1ccc(O[C@@H]2O[C@H](COC(=O)C/C=C/C3C(C(=O)OC)=CO[C@@H](O[C@@H]4O[C@H](CO)[C@@H](O)[C@H](O)[C@H]4O)[C@@H]3C=C)[C@@H](O)[C@H](O)[C@H]2O)c(OC)c1. The van der Waals surface area contributed by atoms with Crippen LogP contribution in [-0.4, -0.2) is 143 Å². The summed E-state index contributed by atoms with van der Waals surface area (Å²) in [7, 11) is 2.58. The summed E-state index contributed by atoms with van der Waals surface area (Å²) in [6.07, 6.45) is -9.60. The number of benzene rings is 1. The molecule has 0 aromatic heterocycles. The van der Waals surface area contributed by atoms with Crippen molar-refractivity contribution in [1.82, 2.24) is 0 Å². The maximum absolute atomic E-state index is 12.8. The zero-order chi connectivity index (χ0) is 38.1. The van der Waals surface area contributed by atoms with Crippen LogP contribution in [0.2, 0.25) is 0 Å². The van der Waals surface area contributed by atoms with Gasteiger partial charge in [0.15, 0.2) is 17.8 Å². The number of carbonyl (C=O) groups excluding carboxylic acids is 2. The van der Waals surface area contributed by atoms with Gasteiger partial charge in [-0.25, -0.2) is 4.79 Å². The van der Waals surface area contributed by atoms with E-state index in [-0.39, 0.29) is 17.7 Å². The Morgan fingerprint density at radius 3 is 2.17 bits per heavy atom. The van der Waals surface area contributed by atoms with Crippen LogP contribution in [0.15, 0.2) is 67.5 Å². The van der Waals surface area contributed by atoms with Crippen molar-refractivity contribution < 1.29 is 83.2 Å². The molecule has 4 rings (SSSR count). The topological polar surface area (TPSA) is 250 Å². The number of methoxy groups -OCH3 is 2. The van der Waals surface area contributed by atoms with Crippen molar-refractivity contribution in [2.24, 2.45) is 11.8 Å². The zero-order valence-electron chi connectivity index (χ0n) is 28.6. The highest BCUT2D eigenvalue weighted by Gasteiger charge is 2.48. The molecule has 0 radical (unpaired) electrons. The number of hydrogen-bond donors (Lipinski definition) is 7. The van der Waals surface area contributed by atoms with Gasteiger partial charge in [-0.2, -0.15) is 0 Å². The zero-order valence-corrected chi connectivity index (χ0v) is 28.6. The number of aliphatic hydroxyl groups is 7. The summed E-state index contributed by atoms with van der Waals surface area (Å²) < 4.78 is 43.7. The molecule has 1 unspecified atom stereocenters. The maximum atomic E-state index is 12.8. The van der Waals surface area contributed by atoms with Crippen LogP contribution in [0, 0.1) is 11.8 Å². The van der Waals surface area contributed by atoms with Crippen molar-refractivity contribution in [3.8, 4) is 11.5 Å². The molecule has 17 nitrogen and oxygen atoms in total. The third-order valence-corrected chi connectivity index (χ3v) is 8.78. The van der Waals surface area contributed by atoms with Crippen LogP contribution in [-0.2, 0) is 44.4 Å². The van der Waals surface area contributed by atoms with Gasteiger partial charge in [0.2, 0.25) is 12.6 Å². The predicted molar refractivity (Wildman–Crippen MR) is 176 cm³/mol. The average Bonchev–Trinajstić information content (AvgIpc) is 3.14. The Hall–Kier alpha value is -3.88. The minimum atomic E-state index is -1.73. The monoisotopic (exact) mass is 738 g/mol. The largest absolute Gasteiger partial charge is 0.493 e. The van der Waals surface area contributed by atoms with Gasteiger partial charge in [0.1, 0.15) is 55.4 Å². The molecule has 1 aromatic rings. The normalized spacial score (nSPS) is 34.8. The fraction of sp³-hybridized carbons (Fsp3) is 0.543. The summed E-state index contributed by atoms with van der Waals surface area (Å²) in [6.45, 7) is 6.27. The third-order valence-electron chi connectivity index (χ3n) is 8.78. The Kier molecular flexibility index (Phi) is 14.7. The quantitative estimate of drug-likeness (QED) is 0.0820. The molecule has 13 atom stereocenters. The van der Waals surface area contributed by atoms with Crippen LogP contribution >= 0.6 is 0 Å². The van der Waals surface area contributed by atoms with Gasteiger partial charge in [-0.3, -0.25) is 4.79 Å². The summed E-state index contributed by atoms with van der Waals surface area (Å²) in [4.78, 5) is 25.4. The van der Waals surface area contributed by atoms with E-state index in [9.17, 15) is 45.3 Å². The average molecular weight is 739 g/mol. The Balaban J connectivity index is 1.40. The van der Waals surface area contributed by atoms with Gasteiger partial charge in [0.25, 0.3) is 0 Å². The molecule has 0 aliphatic carbocycles. The van der Waals surface area contributed by atoms with E-state index in [1.165, 1.54) is 25.3 Å². The van der Waals surface area contributed by atoms with Gasteiger partial charge in [0.05, 0.1) is 45.0 Å². The lowest BCUT2D eigenvalue weighted by Gasteiger charge is -2.42. The molecule has 288 valence electrons. The number of rotatable bonds is 15. The first kappa shape index (κ1) is 40.9. The van der Waals surface area contributed by atoms with Crippen LogP contribution in [0.5, 0.6) is 11.5 Å². The van der Waals surface area contributed by atoms with Crippen LogP contribution in [0.1, 0.15) is 12.0 Å². The first-order valence-corrected chi connectivity index (χ1v) is 16.4. The highest BCUT2D eigenvalue weighted by Crippen LogP contribution is 2.36. The predicted octanol–water partition coefficient (Wildman–Crippen LogP) is -1.25. The van der Waals surface area contributed by atoms with Crippen LogP contribution in [0.4, 0.5) is 0 Å². The van der Waals surface area contributed by atoms with E-state index in [1.807, 2.05) is 0 Å². The highest BCUT2D eigenvalue weighted by molar-refractivity contribution is 5.89. The molecule has 0 amide bonds. The minimum absolute atomic E-state index is 0.0231. The van der Waals surface area contributed by atoms with Crippen LogP contribution in [0.25, 0.3) is 0 Å². The molecule has 3 aliphatic rings. The standard InChI is InChI=1S/C35H46O17/c1-5-8-17-11-12-21(22(13-17)45-3)49-34-30(42)29(41)27(39)24(51-34)16-47-25(37)10-7-9-19-18(6-2)33(48-15-20(19)32(44)46-4)52-35-31(43)28(40)26(38)23(14-36)50-35/h5-7,9,11-13,15,18-19,23-24,26-31,33-36,38-43H,1-2,8,10,14,16H2,3-4H3/b9-7+/t18-,19?,23-,24-,26-,27-,28+,29+,30-,31-,33+,34-,35+/m1/s1. The lowest BCUT2D eigenvalue weighted by atomic mass is 9.83. The first-order chi connectivity index (χ1) is 24.9. The van der Waals surface area contributed by atoms with E-state index in [0.29, 0.717) is 12.2 Å². The minimum Gasteiger partial charge on any atom is -0.493 e.